The third kappa shape index (κ3) is 3.44. The molecule has 106 valence electrons. The van der Waals surface area contributed by atoms with Crippen LogP contribution in [0.4, 0.5) is 0 Å². The van der Waals surface area contributed by atoms with Crippen molar-refractivity contribution in [3.8, 4) is 0 Å². The summed E-state index contributed by atoms with van der Waals surface area (Å²) in [5, 5.41) is 6.26. The fraction of sp³-hybridized carbons (Fsp3) is 0.158. The van der Waals surface area contributed by atoms with Crippen molar-refractivity contribution in [2.24, 2.45) is 0 Å². The van der Waals surface area contributed by atoms with Crippen molar-refractivity contribution in [2.45, 2.75) is 19.5 Å². The highest BCUT2D eigenvalue weighted by Crippen LogP contribution is 2.20. The molecule has 0 heterocycles. The molecule has 0 amide bonds. The van der Waals surface area contributed by atoms with E-state index in [-0.39, 0.29) is 0 Å². The third-order valence-electron chi connectivity index (χ3n) is 3.85. The summed E-state index contributed by atoms with van der Waals surface area (Å²) in [4.78, 5) is 0. The summed E-state index contributed by atoms with van der Waals surface area (Å²) in [6, 6.07) is 24.1. The molecule has 0 radical (unpaired) electrons. The minimum Gasteiger partial charge on any atom is -0.306 e. The van der Waals surface area contributed by atoms with Crippen molar-refractivity contribution in [3.63, 3.8) is 0 Å². The molecule has 0 fully saturated rings. The molecule has 21 heavy (non-hydrogen) atoms. The van der Waals surface area contributed by atoms with E-state index in [1.165, 1.54) is 25.5 Å². The Hall–Kier alpha value is -1.39. The molecule has 1 atom stereocenters. The highest BCUT2D eigenvalue weighted by Gasteiger charge is 2.06. The minimum absolute atomic E-state index is 0.348. The van der Waals surface area contributed by atoms with Crippen molar-refractivity contribution in [3.05, 3.63) is 81.4 Å². The van der Waals surface area contributed by atoms with Crippen molar-refractivity contribution in [2.75, 3.05) is 0 Å². The van der Waals surface area contributed by atoms with Crippen LogP contribution in [-0.2, 0) is 6.54 Å². The Morgan fingerprint density at radius 3 is 2.43 bits per heavy atom. The minimum atomic E-state index is 0.348. The Morgan fingerprint density at radius 2 is 1.62 bits per heavy atom. The fourth-order valence-corrected chi connectivity index (χ4v) is 2.94. The number of nitrogens with one attached hydrogen (secondary N) is 1. The first-order chi connectivity index (χ1) is 10.2. The number of halogens is 1. The summed E-state index contributed by atoms with van der Waals surface area (Å²) in [5.41, 5.74) is 2.68. The lowest BCUT2D eigenvalue weighted by Crippen LogP contribution is -2.18. The summed E-state index contributed by atoms with van der Waals surface area (Å²) in [6.07, 6.45) is 0. The van der Waals surface area contributed by atoms with Gasteiger partial charge in [0, 0.05) is 16.2 Å². The molecule has 0 aliphatic rings. The molecule has 1 nitrogen and oxygen atoms in total. The van der Waals surface area contributed by atoms with Crippen LogP contribution in [0.1, 0.15) is 24.1 Å². The van der Waals surface area contributed by atoms with Gasteiger partial charge in [-0.15, -0.1) is 0 Å². The third-order valence-corrected chi connectivity index (χ3v) is 4.57. The Kier molecular flexibility index (Phi) is 4.56. The largest absolute Gasteiger partial charge is 0.306 e. The topological polar surface area (TPSA) is 12.0 Å². The zero-order chi connectivity index (χ0) is 14.7. The van der Waals surface area contributed by atoms with E-state index in [1.807, 2.05) is 0 Å². The van der Waals surface area contributed by atoms with Gasteiger partial charge in [0.25, 0.3) is 0 Å². The highest BCUT2D eigenvalue weighted by atomic mass is 127. The van der Waals surface area contributed by atoms with Gasteiger partial charge in [-0.2, -0.15) is 0 Å². The fourth-order valence-electron chi connectivity index (χ4n) is 2.58. The lowest BCUT2D eigenvalue weighted by atomic mass is 10.0. The summed E-state index contributed by atoms with van der Waals surface area (Å²) in [7, 11) is 0. The lowest BCUT2D eigenvalue weighted by molar-refractivity contribution is 0.576. The van der Waals surface area contributed by atoms with Crippen molar-refractivity contribution >= 4 is 33.4 Å². The predicted octanol–water partition coefficient (Wildman–Crippen LogP) is 5.30. The van der Waals surface area contributed by atoms with E-state index < -0.39 is 0 Å². The van der Waals surface area contributed by atoms with Crippen LogP contribution in [0.2, 0.25) is 0 Å². The van der Waals surface area contributed by atoms with E-state index in [0.717, 1.165) is 6.54 Å². The number of rotatable bonds is 4. The van der Waals surface area contributed by atoms with E-state index in [0.29, 0.717) is 6.04 Å². The van der Waals surface area contributed by atoms with Gasteiger partial charge in [-0.3, -0.25) is 0 Å². The lowest BCUT2D eigenvalue weighted by Gasteiger charge is -2.15. The van der Waals surface area contributed by atoms with Gasteiger partial charge in [0.15, 0.2) is 0 Å². The average molecular weight is 387 g/mol. The van der Waals surface area contributed by atoms with Crippen LogP contribution in [0.25, 0.3) is 10.8 Å². The van der Waals surface area contributed by atoms with Crippen LogP contribution >= 0.6 is 22.6 Å². The van der Waals surface area contributed by atoms with Crippen LogP contribution in [-0.4, -0.2) is 0 Å². The summed E-state index contributed by atoms with van der Waals surface area (Å²) in [6.45, 7) is 3.10. The van der Waals surface area contributed by atoms with E-state index >= 15 is 0 Å². The van der Waals surface area contributed by atoms with Gasteiger partial charge in [0.1, 0.15) is 0 Å². The van der Waals surface area contributed by atoms with Crippen molar-refractivity contribution in [1.82, 2.24) is 5.32 Å². The molecule has 1 N–H and O–H groups in total. The van der Waals surface area contributed by atoms with Gasteiger partial charge in [-0.1, -0.05) is 54.6 Å². The monoisotopic (exact) mass is 387 g/mol. The summed E-state index contributed by atoms with van der Waals surface area (Å²) in [5.74, 6) is 0. The summed E-state index contributed by atoms with van der Waals surface area (Å²) >= 11 is 2.34. The Balaban J connectivity index is 1.76. The second-order valence-corrected chi connectivity index (χ2v) is 6.54. The molecule has 0 saturated carbocycles. The molecule has 0 saturated heterocycles. The van der Waals surface area contributed by atoms with E-state index in [2.05, 4.69) is 102 Å². The number of hydrogen-bond acceptors (Lipinski definition) is 1. The first-order valence-electron chi connectivity index (χ1n) is 7.19. The van der Waals surface area contributed by atoms with Crippen LogP contribution in [0.15, 0.2) is 66.7 Å². The first-order valence-corrected chi connectivity index (χ1v) is 8.27. The molecular weight excluding hydrogens is 369 g/mol. The molecule has 0 aromatic heterocycles. The van der Waals surface area contributed by atoms with Crippen LogP contribution in [0.3, 0.4) is 0 Å². The number of hydrogen-bond donors (Lipinski definition) is 1. The molecule has 1 unspecified atom stereocenters. The van der Waals surface area contributed by atoms with E-state index in [1.54, 1.807) is 0 Å². The van der Waals surface area contributed by atoms with Gasteiger partial charge in [0.05, 0.1) is 0 Å². The average Bonchev–Trinajstić information content (AvgIpc) is 2.53. The van der Waals surface area contributed by atoms with Crippen molar-refractivity contribution in [1.29, 1.82) is 0 Å². The maximum absolute atomic E-state index is 3.62. The number of fused-ring (bicyclic) bond motifs is 1. The Morgan fingerprint density at radius 1 is 0.905 bits per heavy atom. The van der Waals surface area contributed by atoms with Gasteiger partial charge in [-0.05, 0) is 63.5 Å². The molecule has 3 rings (SSSR count). The molecule has 3 aromatic carbocycles. The highest BCUT2D eigenvalue weighted by molar-refractivity contribution is 14.1. The van der Waals surface area contributed by atoms with E-state index in [4.69, 9.17) is 0 Å². The zero-order valence-electron chi connectivity index (χ0n) is 12.0. The van der Waals surface area contributed by atoms with E-state index in [9.17, 15) is 0 Å². The van der Waals surface area contributed by atoms with Gasteiger partial charge in [0.2, 0.25) is 0 Å². The van der Waals surface area contributed by atoms with Gasteiger partial charge in [-0.25, -0.2) is 0 Å². The second-order valence-electron chi connectivity index (χ2n) is 5.29. The molecule has 0 spiro atoms. The molecule has 0 aliphatic carbocycles. The molecule has 0 bridgehead atoms. The van der Waals surface area contributed by atoms with Crippen LogP contribution in [0, 0.1) is 3.57 Å². The van der Waals surface area contributed by atoms with Crippen LogP contribution < -0.4 is 5.32 Å². The normalized spacial score (nSPS) is 12.5. The Labute approximate surface area is 139 Å². The molecular formula is C19H18IN. The maximum atomic E-state index is 3.62. The van der Waals surface area contributed by atoms with Gasteiger partial charge < -0.3 is 5.32 Å². The Bertz CT molecular complexity index is 729. The maximum Gasteiger partial charge on any atom is 0.0294 e. The first kappa shape index (κ1) is 14.5. The second kappa shape index (κ2) is 6.58. The zero-order valence-corrected chi connectivity index (χ0v) is 14.2. The summed E-state index contributed by atoms with van der Waals surface area (Å²) < 4.78 is 1.28. The number of benzene rings is 3. The molecule has 3 aromatic rings. The quantitative estimate of drug-likeness (QED) is 0.600. The standard InChI is InChI=1S/C19H18IN/c1-14(15-9-11-18(20)12-10-15)21-13-17-7-4-6-16-5-2-3-8-19(16)17/h2-12,14,21H,13H2,1H3. The van der Waals surface area contributed by atoms with Crippen molar-refractivity contribution < 1.29 is 0 Å². The molecule has 0 aliphatic heterocycles. The molecule has 2 heteroatoms. The smallest absolute Gasteiger partial charge is 0.0294 e. The van der Waals surface area contributed by atoms with Crippen LogP contribution in [0.5, 0.6) is 0 Å². The predicted molar refractivity (Wildman–Crippen MR) is 98.4 cm³/mol. The SMILES string of the molecule is CC(NCc1cccc2ccccc12)c1ccc(I)cc1. The van der Waals surface area contributed by atoms with Gasteiger partial charge >= 0.3 is 0 Å².